The lowest BCUT2D eigenvalue weighted by Gasteiger charge is -2.65. The third-order valence-corrected chi connectivity index (χ3v) is 11.4. The molecule has 5 fully saturated rings. The number of carbonyl (C=O) groups is 3. The predicted octanol–water partition coefficient (Wildman–Crippen LogP) is 3.16. The molecule has 5 aliphatic rings. The normalized spacial score (nSPS) is 50.1. The molecule has 2 N–H and O–H groups in total. The molecule has 0 aromatic rings. The number of carbonyl (C=O) groups excluding carboxylic acids is 3. The van der Waals surface area contributed by atoms with Crippen LogP contribution in [0.3, 0.4) is 0 Å². The van der Waals surface area contributed by atoms with E-state index in [-0.39, 0.29) is 53.3 Å². The van der Waals surface area contributed by atoms with Crippen LogP contribution < -0.4 is 5.32 Å². The van der Waals surface area contributed by atoms with Crippen molar-refractivity contribution in [2.75, 3.05) is 26.7 Å². The molecule has 4 bridgehead atoms. The van der Waals surface area contributed by atoms with Crippen LogP contribution in [-0.2, 0) is 19.1 Å². The van der Waals surface area contributed by atoms with Gasteiger partial charge in [-0.25, -0.2) is 4.79 Å². The van der Waals surface area contributed by atoms with Gasteiger partial charge in [0.1, 0.15) is 11.7 Å². The van der Waals surface area contributed by atoms with Crippen molar-refractivity contribution in [3.05, 3.63) is 0 Å². The van der Waals surface area contributed by atoms with E-state index >= 15 is 0 Å². The van der Waals surface area contributed by atoms with E-state index in [1.165, 1.54) is 0 Å². The maximum atomic E-state index is 13.7. The molecular weight excluding hydrogens is 460 g/mol. The molecular formula is C28H44N2O6. The van der Waals surface area contributed by atoms with Crippen molar-refractivity contribution in [3.63, 3.8) is 0 Å². The molecule has 11 atom stereocenters. The second-order valence-electron chi connectivity index (χ2n) is 13.0. The molecule has 5 rings (SSSR count). The number of rotatable bonds is 3. The first-order chi connectivity index (χ1) is 16.9. The van der Waals surface area contributed by atoms with Crippen LogP contribution in [0.1, 0.15) is 72.6 Å². The quantitative estimate of drug-likeness (QED) is 0.608. The fraction of sp³-hybridized carbons (Fsp3) is 0.893. The van der Waals surface area contributed by atoms with Gasteiger partial charge < -0.3 is 19.5 Å². The van der Waals surface area contributed by atoms with Crippen molar-refractivity contribution >= 4 is 17.8 Å². The first-order valence-electron chi connectivity index (χ1n) is 14.0. The molecule has 2 aliphatic heterocycles. The average Bonchev–Trinajstić information content (AvgIpc) is 3.48. The van der Waals surface area contributed by atoms with Crippen molar-refractivity contribution in [2.24, 2.45) is 40.4 Å². The van der Waals surface area contributed by atoms with E-state index in [9.17, 15) is 19.5 Å². The molecule has 202 valence electrons. The lowest BCUT2D eigenvalue weighted by atomic mass is 9.40. The largest absolute Gasteiger partial charge is 0.445 e. The molecule has 2 saturated heterocycles. The fourth-order valence-corrected chi connectivity index (χ4v) is 9.21. The second kappa shape index (κ2) is 9.05. The Balaban J connectivity index is 1.47. The maximum absolute atomic E-state index is 13.7. The van der Waals surface area contributed by atoms with Gasteiger partial charge in [-0.15, -0.1) is 0 Å². The fourth-order valence-electron chi connectivity index (χ4n) is 9.21. The van der Waals surface area contributed by atoms with Crippen molar-refractivity contribution in [3.8, 4) is 0 Å². The Bertz CT molecular complexity index is 922. The lowest BCUT2D eigenvalue weighted by molar-refractivity contribution is -0.229. The van der Waals surface area contributed by atoms with Gasteiger partial charge >= 0.3 is 6.09 Å². The van der Waals surface area contributed by atoms with Gasteiger partial charge in [0.05, 0.1) is 12.0 Å². The molecule has 2 heterocycles. The van der Waals surface area contributed by atoms with E-state index in [1.54, 1.807) is 14.0 Å². The van der Waals surface area contributed by atoms with Gasteiger partial charge in [-0.1, -0.05) is 27.2 Å². The monoisotopic (exact) mass is 504 g/mol. The number of aliphatic hydroxyl groups is 1. The van der Waals surface area contributed by atoms with Crippen LogP contribution in [-0.4, -0.2) is 72.3 Å². The summed E-state index contributed by atoms with van der Waals surface area (Å²) in [6, 6.07) is 0. The summed E-state index contributed by atoms with van der Waals surface area (Å²) in [6.45, 7) is 10.5. The van der Waals surface area contributed by atoms with Gasteiger partial charge in [0.2, 0.25) is 5.91 Å². The Hall–Kier alpha value is -1.51. The summed E-state index contributed by atoms with van der Waals surface area (Å²) in [6.07, 6.45) is 4.04. The van der Waals surface area contributed by atoms with Crippen LogP contribution in [0.15, 0.2) is 0 Å². The Morgan fingerprint density at radius 3 is 2.50 bits per heavy atom. The number of hydrogen-bond donors (Lipinski definition) is 2. The number of alkyl carbamates (subject to hydrolysis) is 1. The van der Waals surface area contributed by atoms with Gasteiger partial charge in [0.25, 0.3) is 0 Å². The van der Waals surface area contributed by atoms with E-state index in [1.807, 2.05) is 6.92 Å². The molecule has 8 heteroatoms. The van der Waals surface area contributed by atoms with Crippen molar-refractivity contribution in [1.82, 2.24) is 10.2 Å². The molecule has 0 radical (unpaired) electrons. The number of hydrogen-bond acceptors (Lipinski definition) is 7. The highest BCUT2D eigenvalue weighted by Crippen LogP contribution is 2.66. The summed E-state index contributed by atoms with van der Waals surface area (Å²) >= 11 is 0. The highest BCUT2D eigenvalue weighted by Gasteiger charge is 2.67. The van der Waals surface area contributed by atoms with Crippen LogP contribution in [0.4, 0.5) is 4.79 Å². The van der Waals surface area contributed by atoms with Crippen LogP contribution in [0.5, 0.6) is 0 Å². The minimum atomic E-state index is -1.62. The highest BCUT2D eigenvalue weighted by molar-refractivity contribution is 5.94. The number of imide groups is 1. The zero-order valence-corrected chi connectivity index (χ0v) is 22.5. The number of nitrogens with one attached hydrogen (secondary N) is 1. The Morgan fingerprint density at radius 1 is 1.11 bits per heavy atom. The van der Waals surface area contributed by atoms with Gasteiger partial charge in [-0.05, 0) is 62.8 Å². The molecule has 0 aromatic heterocycles. The first-order valence-corrected chi connectivity index (χ1v) is 14.0. The minimum absolute atomic E-state index is 0.00872. The van der Waals surface area contributed by atoms with E-state index in [2.05, 4.69) is 24.1 Å². The number of methoxy groups -OCH3 is 1. The molecule has 3 saturated carbocycles. The van der Waals surface area contributed by atoms with Crippen LogP contribution in [0, 0.1) is 40.4 Å². The zero-order chi connectivity index (χ0) is 26.0. The third-order valence-electron chi connectivity index (χ3n) is 11.4. The topological polar surface area (TPSA) is 105 Å². The summed E-state index contributed by atoms with van der Waals surface area (Å²) in [5.74, 6) is -0.474. The summed E-state index contributed by atoms with van der Waals surface area (Å²) in [7, 11) is 1.74. The van der Waals surface area contributed by atoms with Gasteiger partial charge in [-0.2, -0.15) is 0 Å². The number of nitrogens with zero attached hydrogens (tertiary/aromatic N) is 1. The maximum Gasteiger partial charge on any atom is 0.414 e. The molecule has 8 nitrogen and oxygen atoms in total. The number of piperidine rings is 1. The molecule has 4 unspecified atom stereocenters. The van der Waals surface area contributed by atoms with Crippen LogP contribution in [0.25, 0.3) is 0 Å². The molecule has 36 heavy (non-hydrogen) atoms. The third kappa shape index (κ3) is 3.85. The molecule has 3 aliphatic carbocycles. The van der Waals surface area contributed by atoms with Gasteiger partial charge in [0.15, 0.2) is 5.78 Å². The predicted molar refractivity (Wildman–Crippen MR) is 133 cm³/mol. The summed E-state index contributed by atoms with van der Waals surface area (Å²) in [5.41, 5.74) is -2.45. The SMILES string of the molecule is CO[C@@H]1CCCC23CC[C@@H](C)[C@](C)(C12)[C@H](OC(=O)NC(=O)[C@H]1CN2CCC1C2)C[C@@](C)(O)C(=O)[C@@H]3C. The first kappa shape index (κ1) is 26.1. The van der Waals surface area contributed by atoms with E-state index in [0.29, 0.717) is 12.5 Å². The number of fused-ring (bicyclic) bond motifs is 2. The molecule has 0 aromatic carbocycles. The average molecular weight is 505 g/mol. The number of Topliss-reactive ketones (excluding diaryl/α,β-unsaturated/α-hetero) is 1. The Kier molecular flexibility index (Phi) is 6.57. The van der Waals surface area contributed by atoms with Crippen molar-refractivity contribution < 1.29 is 29.0 Å². The zero-order valence-electron chi connectivity index (χ0n) is 22.5. The highest BCUT2D eigenvalue weighted by atomic mass is 16.6. The number of ketones is 1. The molecule has 0 spiro atoms. The van der Waals surface area contributed by atoms with Crippen molar-refractivity contribution in [1.29, 1.82) is 0 Å². The van der Waals surface area contributed by atoms with E-state index in [0.717, 1.165) is 51.6 Å². The Labute approximate surface area is 214 Å². The lowest BCUT2D eigenvalue weighted by Crippen LogP contribution is -2.67. The standard InChI is InChI=1S/C28H44N2O6/c1-16-8-11-28-10-6-7-20(35-5)22(28)27(16,4)21(13-26(3,34)23(31)17(28)2)36-25(33)29-24(32)19-15-30-12-9-18(19)14-30/h16-22,34H,6-15H2,1-5H3,(H,29,32,33)/t16-,17+,18?,19+,20-,21-,22?,26-,27+,28?/m1/s1. The Morgan fingerprint density at radius 2 is 1.86 bits per heavy atom. The second-order valence-corrected chi connectivity index (χ2v) is 13.0. The van der Waals surface area contributed by atoms with Crippen LogP contribution in [0.2, 0.25) is 0 Å². The van der Waals surface area contributed by atoms with Crippen molar-refractivity contribution in [2.45, 2.75) is 90.4 Å². The number of amides is 2. The summed E-state index contributed by atoms with van der Waals surface area (Å²) < 4.78 is 12.2. The molecule has 2 amide bonds. The minimum Gasteiger partial charge on any atom is -0.445 e. The van der Waals surface area contributed by atoms with E-state index in [4.69, 9.17) is 9.47 Å². The smallest absolute Gasteiger partial charge is 0.414 e. The van der Waals surface area contributed by atoms with Gasteiger partial charge in [-0.3, -0.25) is 14.9 Å². The van der Waals surface area contributed by atoms with E-state index < -0.39 is 23.2 Å². The summed E-state index contributed by atoms with van der Waals surface area (Å²) in [4.78, 5) is 42.1. The van der Waals surface area contributed by atoms with Gasteiger partial charge in [0, 0.05) is 43.9 Å². The number of ether oxygens (including phenoxy) is 2. The van der Waals surface area contributed by atoms with Crippen LogP contribution >= 0.6 is 0 Å². The summed E-state index contributed by atoms with van der Waals surface area (Å²) in [5, 5.41) is 13.9.